The van der Waals surface area contributed by atoms with Crippen molar-refractivity contribution in [1.29, 1.82) is 0 Å². The van der Waals surface area contributed by atoms with Gasteiger partial charge in [0.25, 0.3) is 5.69 Å². The average Bonchev–Trinajstić information content (AvgIpc) is 2.40. The Morgan fingerprint density at radius 1 is 1.55 bits per heavy atom. The third-order valence-corrected chi connectivity index (χ3v) is 3.21. The lowest BCUT2D eigenvalue weighted by Gasteiger charge is -2.09. The van der Waals surface area contributed by atoms with E-state index in [-0.39, 0.29) is 16.5 Å². The van der Waals surface area contributed by atoms with E-state index in [9.17, 15) is 14.9 Å². The molecule has 1 rings (SSSR count). The van der Waals surface area contributed by atoms with Crippen LogP contribution < -0.4 is 10.6 Å². The maximum atomic E-state index is 11.0. The Kier molecular flexibility index (Phi) is 6.19. The molecular weight excluding hydrogens is 302 g/mol. The number of rotatable bonds is 4. The topological polar surface area (TPSA) is 93.5 Å². The largest absolute Gasteiger partial charge is 0.453 e. The summed E-state index contributed by atoms with van der Waals surface area (Å²) in [4.78, 5) is 22.3. The van der Waals surface area contributed by atoms with Gasteiger partial charge in [-0.25, -0.2) is 4.79 Å². The van der Waals surface area contributed by atoms with E-state index < -0.39 is 11.0 Å². The molecule has 0 aliphatic heterocycles. The fourth-order valence-corrected chi connectivity index (χ4v) is 2.21. The van der Waals surface area contributed by atoms with Crippen LogP contribution in [0.1, 0.15) is 6.92 Å². The summed E-state index contributed by atoms with van der Waals surface area (Å²) in [6, 6.07) is 4.74. The molecule has 0 aromatic heterocycles. The summed E-state index contributed by atoms with van der Waals surface area (Å²) < 4.78 is 4.37. The number of amides is 1. The molecule has 0 heterocycles. The van der Waals surface area contributed by atoms with Crippen molar-refractivity contribution in [2.75, 3.05) is 18.2 Å². The maximum absolute atomic E-state index is 11.0. The lowest BCUT2D eigenvalue weighted by atomic mass is 10.2. The van der Waals surface area contributed by atoms with Gasteiger partial charge in [-0.2, -0.15) is 0 Å². The predicted octanol–water partition coefficient (Wildman–Crippen LogP) is 2.76. The highest BCUT2D eigenvalue weighted by molar-refractivity contribution is 7.99. The first-order valence-corrected chi connectivity index (χ1v) is 6.94. The van der Waals surface area contributed by atoms with Crippen LogP contribution in [0.4, 0.5) is 16.2 Å². The minimum absolute atomic E-state index is 0.0733. The molecular formula is C11H13N3O4S2. The first-order chi connectivity index (χ1) is 9.47. The number of carbonyl (C=O) groups is 1. The molecule has 0 saturated carbocycles. The van der Waals surface area contributed by atoms with Crippen LogP contribution in [-0.4, -0.2) is 29.0 Å². The van der Waals surface area contributed by atoms with Crippen molar-refractivity contribution in [2.24, 2.45) is 0 Å². The number of methoxy groups -OCH3 is 1. The summed E-state index contributed by atoms with van der Waals surface area (Å²) in [6.07, 6.45) is -0.747. The molecule has 0 unspecified atom stereocenters. The number of anilines is 1. The number of hydrogen-bond donors (Lipinski definition) is 2. The zero-order chi connectivity index (χ0) is 15.1. The number of thioether (sulfide) groups is 1. The van der Waals surface area contributed by atoms with Gasteiger partial charge in [0.15, 0.2) is 5.11 Å². The monoisotopic (exact) mass is 315 g/mol. The van der Waals surface area contributed by atoms with Gasteiger partial charge < -0.3 is 10.1 Å². The molecule has 108 valence electrons. The van der Waals surface area contributed by atoms with Crippen LogP contribution in [-0.2, 0) is 4.74 Å². The second-order valence-corrected chi connectivity index (χ2v) is 5.19. The molecule has 2 N–H and O–H groups in total. The van der Waals surface area contributed by atoms with E-state index in [1.807, 2.05) is 6.92 Å². The van der Waals surface area contributed by atoms with Crippen molar-refractivity contribution in [3.05, 3.63) is 28.3 Å². The maximum Gasteiger partial charge on any atom is 0.413 e. The van der Waals surface area contributed by atoms with Crippen molar-refractivity contribution in [1.82, 2.24) is 5.32 Å². The van der Waals surface area contributed by atoms with Crippen molar-refractivity contribution in [3.63, 3.8) is 0 Å². The summed E-state index contributed by atoms with van der Waals surface area (Å²) in [5.41, 5.74) is 0.0920. The van der Waals surface area contributed by atoms with E-state index in [0.29, 0.717) is 0 Å². The van der Waals surface area contributed by atoms with Crippen molar-refractivity contribution in [2.45, 2.75) is 11.8 Å². The number of nitrogens with one attached hydrogen (secondary N) is 2. The number of alkyl carbamates (subject to hydrolysis) is 1. The summed E-state index contributed by atoms with van der Waals surface area (Å²) in [5, 5.41) is 15.8. The smallest absolute Gasteiger partial charge is 0.413 e. The molecule has 7 nitrogen and oxygen atoms in total. The third-order valence-electron chi connectivity index (χ3n) is 2.13. The minimum atomic E-state index is -0.747. The number of nitro benzene ring substituents is 1. The number of thiocarbonyl (C=S) groups is 1. The molecule has 1 amide bonds. The lowest BCUT2D eigenvalue weighted by molar-refractivity contribution is -0.384. The Morgan fingerprint density at radius 3 is 2.80 bits per heavy atom. The van der Waals surface area contributed by atoms with Crippen LogP contribution >= 0.6 is 24.0 Å². The Labute approximate surface area is 125 Å². The number of nitrogens with zero attached hydrogens (tertiary/aromatic N) is 1. The van der Waals surface area contributed by atoms with Crippen LogP contribution in [0.25, 0.3) is 0 Å². The number of ether oxygens (including phenoxy) is 1. The molecule has 0 spiro atoms. The van der Waals surface area contributed by atoms with E-state index in [1.54, 1.807) is 12.1 Å². The van der Waals surface area contributed by atoms with Gasteiger partial charge >= 0.3 is 6.09 Å². The zero-order valence-electron chi connectivity index (χ0n) is 10.8. The Balaban J connectivity index is 2.91. The van der Waals surface area contributed by atoms with Crippen LogP contribution in [0.15, 0.2) is 23.1 Å². The van der Waals surface area contributed by atoms with Gasteiger partial charge in [0, 0.05) is 11.0 Å². The molecule has 0 bridgehead atoms. The normalized spacial score (nSPS) is 9.70. The number of carbonyl (C=O) groups excluding carboxylic acids is 1. The van der Waals surface area contributed by atoms with Gasteiger partial charge in [-0.15, -0.1) is 11.8 Å². The number of hydrogen-bond acceptors (Lipinski definition) is 6. The highest BCUT2D eigenvalue weighted by Gasteiger charge is 2.16. The van der Waals surface area contributed by atoms with Crippen LogP contribution in [0, 0.1) is 10.1 Å². The molecule has 0 saturated heterocycles. The van der Waals surface area contributed by atoms with Gasteiger partial charge in [-0.3, -0.25) is 15.4 Å². The van der Waals surface area contributed by atoms with Crippen LogP contribution in [0.3, 0.4) is 0 Å². The molecule has 0 atom stereocenters. The fraction of sp³-hybridized carbons (Fsp3) is 0.273. The zero-order valence-corrected chi connectivity index (χ0v) is 12.5. The minimum Gasteiger partial charge on any atom is -0.453 e. The van der Waals surface area contributed by atoms with Crippen LogP contribution in [0.5, 0.6) is 0 Å². The summed E-state index contributed by atoms with van der Waals surface area (Å²) >= 11 is 6.35. The fourth-order valence-electron chi connectivity index (χ4n) is 1.32. The van der Waals surface area contributed by atoms with Gasteiger partial charge in [-0.1, -0.05) is 6.92 Å². The van der Waals surface area contributed by atoms with Crippen molar-refractivity contribution in [3.8, 4) is 0 Å². The molecule has 0 radical (unpaired) electrons. The first kappa shape index (κ1) is 16.2. The summed E-state index contributed by atoms with van der Waals surface area (Å²) in [7, 11) is 1.19. The van der Waals surface area contributed by atoms with E-state index in [0.717, 1.165) is 10.6 Å². The Bertz CT molecular complexity index is 536. The quantitative estimate of drug-likeness (QED) is 0.382. The van der Waals surface area contributed by atoms with E-state index >= 15 is 0 Å². The summed E-state index contributed by atoms with van der Waals surface area (Å²) in [5.74, 6) is 0.812. The molecule has 20 heavy (non-hydrogen) atoms. The summed E-state index contributed by atoms with van der Waals surface area (Å²) in [6.45, 7) is 1.96. The van der Waals surface area contributed by atoms with Gasteiger partial charge in [0.1, 0.15) is 5.69 Å². The second-order valence-electron chi connectivity index (χ2n) is 3.44. The first-order valence-electron chi connectivity index (χ1n) is 5.55. The third kappa shape index (κ3) is 4.67. The van der Waals surface area contributed by atoms with Crippen molar-refractivity contribution >= 4 is 46.6 Å². The predicted molar refractivity (Wildman–Crippen MR) is 81.3 cm³/mol. The SMILES string of the molecule is CCSc1ccc(NC(=S)NC(=O)OC)c([N+](=O)[O-])c1. The lowest BCUT2D eigenvalue weighted by Crippen LogP contribution is -2.34. The van der Waals surface area contributed by atoms with E-state index in [1.165, 1.54) is 24.9 Å². The highest BCUT2D eigenvalue weighted by Crippen LogP contribution is 2.30. The molecule has 0 aliphatic rings. The number of nitro groups is 1. The van der Waals surface area contributed by atoms with E-state index in [2.05, 4.69) is 15.4 Å². The Morgan fingerprint density at radius 2 is 2.25 bits per heavy atom. The molecule has 0 aliphatic carbocycles. The van der Waals surface area contributed by atoms with E-state index in [4.69, 9.17) is 12.2 Å². The molecule has 9 heteroatoms. The molecule has 1 aromatic carbocycles. The highest BCUT2D eigenvalue weighted by atomic mass is 32.2. The van der Waals surface area contributed by atoms with Gasteiger partial charge in [-0.05, 0) is 30.1 Å². The van der Waals surface area contributed by atoms with Gasteiger partial charge in [0.2, 0.25) is 0 Å². The van der Waals surface area contributed by atoms with Crippen molar-refractivity contribution < 1.29 is 14.5 Å². The van der Waals surface area contributed by atoms with Crippen LogP contribution in [0.2, 0.25) is 0 Å². The Hall–Kier alpha value is -1.87. The molecule has 1 aromatic rings. The number of benzene rings is 1. The van der Waals surface area contributed by atoms with Gasteiger partial charge in [0.05, 0.1) is 12.0 Å². The average molecular weight is 315 g/mol. The standard InChI is InChI=1S/C11H13N3O4S2/c1-3-20-7-4-5-8(9(6-7)14(16)17)12-10(19)13-11(15)18-2/h4-6H,3H2,1-2H3,(H2,12,13,15,19). The molecule has 0 fully saturated rings. The second kappa shape index (κ2) is 7.65.